The molecule has 1 aliphatic carbocycles. The number of hydrogen-bond acceptors (Lipinski definition) is 0. The molecule has 1 aliphatic rings. The molecule has 1 fully saturated rings. The van der Waals surface area contributed by atoms with Gasteiger partial charge in [0.25, 0.3) is 0 Å². The normalized spacial score (nSPS) is 16.7. The number of allylic oxidation sites excluding steroid dienone is 1. The molecule has 0 atom stereocenters. The van der Waals surface area contributed by atoms with Crippen LogP contribution >= 0.6 is 0 Å². The highest BCUT2D eigenvalue weighted by molar-refractivity contribution is 5.03. The monoisotopic (exact) mass is 126 g/mol. The van der Waals surface area contributed by atoms with Gasteiger partial charge in [-0.05, 0) is 25.3 Å². The van der Waals surface area contributed by atoms with Gasteiger partial charge < -0.3 is 0 Å². The minimum atomic E-state index is -0.0446. The van der Waals surface area contributed by atoms with E-state index in [0.29, 0.717) is 0 Å². The van der Waals surface area contributed by atoms with Crippen molar-refractivity contribution in [1.29, 1.82) is 0 Å². The summed E-state index contributed by atoms with van der Waals surface area (Å²) >= 11 is 0. The SMILES string of the molecule is CCC=C=C(F)C1CC1. The summed E-state index contributed by atoms with van der Waals surface area (Å²) < 4.78 is 12.5. The Bertz CT molecular complexity index is 148. The van der Waals surface area contributed by atoms with E-state index in [-0.39, 0.29) is 11.7 Å². The fourth-order valence-corrected chi connectivity index (χ4v) is 0.654. The average molecular weight is 126 g/mol. The quantitative estimate of drug-likeness (QED) is 0.499. The first-order valence-electron chi connectivity index (χ1n) is 3.45. The average Bonchev–Trinajstić information content (AvgIpc) is 2.63. The molecule has 50 valence electrons. The molecule has 0 heterocycles. The molecule has 1 rings (SSSR count). The van der Waals surface area contributed by atoms with Crippen LogP contribution in [0.15, 0.2) is 17.6 Å². The second-order valence-corrected chi connectivity index (χ2v) is 2.38. The third kappa shape index (κ3) is 2.03. The highest BCUT2D eigenvalue weighted by Gasteiger charge is 2.25. The van der Waals surface area contributed by atoms with E-state index >= 15 is 0 Å². The Kier molecular flexibility index (Phi) is 2.07. The molecule has 0 saturated heterocycles. The highest BCUT2D eigenvalue weighted by atomic mass is 19.1. The number of halogens is 1. The maximum absolute atomic E-state index is 12.5. The summed E-state index contributed by atoms with van der Waals surface area (Å²) in [6, 6.07) is 0. The van der Waals surface area contributed by atoms with Crippen molar-refractivity contribution in [1.82, 2.24) is 0 Å². The Balaban J connectivity index is 2.46. The van der Waals surface area contributed by atoms with Crippen molar-refractivity contribution in [3.05, 3.63) is 17.6 Å². The second-order valence-electron chi connectivity index (χ2n) is 2.38. The Morgan fingerprint density at radius 3 is 2.89 bits per heavy atom. The van der Waals surface area contributed by atoms with Crippen LogP contribution in [-0.2, 0) is 0 Å². The molecule has 1 saturated carbocycles. The van der Waals surface area contributed by atoms with Crippen LogP contribution in [0.4, 0.5) is 4.39 Å². The molecule has 0 radical (unpaired) electrons. The molecule has 0 nitrogen and oxygen atoms in total. The largest absolute Gasteiger partial charge is 0.202 e. The molecular weight excluding hydrogens is 115 g/mol. The Hall–Kier alpha value is -0.550. The summed E-state index contributed by atoms with van der Waals surface area (Å²) in [6.45, 7) is 1.98. The van der Waals surface area contributed by atoms with Crippen molar-refractivity contribution in [2.75, 3.05) is 0 Å². The highest BCUT2D eigenvalue weighted by Crippen LogP contribution is 2.36. The number of hydrogen-bond donors (Lipinski definition) is 0. The van der Waals surface area contributed by atoms with E-state index in [9.17, 15) is 4.39 Å². The molecule has 0 unspecified atom stereocenters. The van der Waals surface area contributed by atoms with Crippen LogP contribution in [0.5, 0.6) is 0 Å². The Labute approximate surface area is 55.1 Å². The van der Waals surface area contributed by atoms with E-state index in [1.165, 1.54) is 0 Å². The van der Waals surface area contributed by atoms with E-state index < -0.39 is 0 Å². The van der Waals surface area contributed by atoms with Gasteiger partial charge in [-0.3, -0.25) is 0 Å². The fraction of sp³-hybridized carbons (Fsp3) is 0.625. The van der Waals surface area contributed by atoms with Gasteiger partial charge in [-0.15, -0.1) is 0 Å². The predicted molar refractivity (Wildman–Crippen MR) is 35.7 cm³/mol. The van der Waals surface area contributed by atoms with Crippen LogP contribution in [0.3, 0.4) is 0 Å². The van der Waals surface area contributed by atoms with Crippen molar-refractivity contribution in [3.63, 3.8) is 0 Å². The van der Waals surface area contributed by atoms with Crippen molar-refractivity contribution in [3.8, 4) is 0 Å². The molecule has 1 heteroatoms. The van der Waals surface area contributed by atoms with E-state index in [1.807, 2.05) is 6.92 Å². The van der Waals surface area contributed by atoms with Gasteiger partial charge in [-0.2, -0.15) is 0 Å². The first kappa shape index (κ1) is 6.57. The lowest BCUT2D eigenvalue weighted by molar-refractivity contribution is 0.580. The van der Waals surface area contributed by atoms with Crippen molar-refractivity contribution in [2.45, 2.75) is 26.2 Å². The smallest absolute Gasteiger partial charge is 0.145 e. The molecule has 0 aromatic heterocycles. The lowest BCUT2D eigenvalue weighted by atomic mass is 10.3. The van der Waals surface area contributed by atoms with Crippen molar-refractivity contribution >= 4 is 0 Å². The molecule has 0 spiro atoms. The summed E-state index contributed by atoms with van der Waals surface area (Å²) in [6.07, 6.45) is 4.67. The van der Waals surface area contributed by atoms with E-state index in [2.05, 4.69) is 5.73 Å². The van der Waals surface area contributed by atoms with Gasteiger partial charge in [0.05, 0.1) is 0 Å². The minimum Gasteiger partial charge on any atom is -0.202 e. The fourth-order valence-electron chi connectivity index (χ4n) is 0.654. The number of rotatable bonds is 2. The zero-order valence-corrected chi connectivity index (χ0v) is 5.65. The topological polar surface area (TPSA) is 0 Å². The maximum atomic E-state index is 12.5. The molecule has 0 amide bonds. The van der Waals surface area contributed by atoms with Crippen LogP contribution < -0.4 is 0 Å². The summed E-state index contributed by atoms with van der Waals surface area (Å²) in [7, 11) is 0. The van der Waals surface area contributed by atoms with Crippen molar-refractivity contribution < 1.29 is 4.39 Å². The van der Waals surface area contributed by atoms with Crippen LogP contribution in [-0.4, -0.2) is 0 Å². The van der Waals surface area contributed by atoms with Gasteiger partial charge in [-0.25, -0.2) is 4.39 Å². The van der Waals surface area contributed by atoms with E-state index in [1.54, 1.807) is 6.08 Å². The van der Waals surface area contributed by atoms with Crippen molar-refractivity contribution in [2.24, 2.45) is 5.92 Å². The Morgan fingerprint density at radius 1 is 1.78 bits per heavy atom. The second kappa shape index (κ2) is 2.84. The van der Waals surface area contributed by atoms with Gasteiger partial charge in [0, 0.05) is 5.92 Å². The van der Waals surface area contributed by atoms with Gasteiger partial charge in [0.1, 0.15) is 5.83 Å². The third-order valence-corrected chi connectivity index (χ3v) is 1.38. The van der Waals surface area contributed by atoms with Crippen LogP contribution in [0.2, 0.25) is 0 Å². The van der Waals surface area contributed by atoms with Gasteiger partial charge >= 0.3 is 0 Å². The zero-order valence-electron chi connectivity index (χ0n) is 5.65. The minimum absolute atomic E-state index is 0.0446. The van der Waals surface area contributed by atoms with Gasteiger partial charge in [0.15, 0.2) is 0 Å². The lowest BCUT2D eigenvalue weighted by Gasteiger charge is -1.81. The van der Waals surface area contributed by atoms with Crippen LogP contribution in [0.1, 0.15) is 26.2 Å². The van der Waals surface area contributed by atoms with E-state index in [0.717, 1.165) is 19.3 Å². The first-order chi connectivity index (χ1) is 4.34. The molecule has 0 bridgehead atoms. The molecule has 0 aromatic rings. The zero-order chi connectivity index (χ0) is 6.69. The summed E-state index contributed by atoms with van der Waals surface area (Å²) in [5.41, 5.74) is 2.62. The van der Waals surface area contributed by atoms with Gasteiger partial charge in [0.2, 0.25) is 0 Å². The molecule has 0 aromatic carbocycles. The molecule has 9 heavy (non-hydrogen) atoms. The molecule has 0 N–H and O–H groups in total. The predicted octanol–water partition coefficient (Wildman–Crippen LogP) is 2.81. The first-order valence-corrected chi connectivity index (χ1v) is 3.45. The summed E-state index contributed by atoms with van der Waals surface area (Å²) in [5, 5.41) is 0. The van der Waals surface area contributed by atoms with Crippen LogP contribution in [0, 0.1) is 5.92 Å². The van der Waals surface area contributed by atoms with Gasteiger partial charge in [-0.1, -0.05) is 12.7 Å². The maximum Gasteiger partial charge on any atom is 0.145 e. The Morgan fingerprint density at radius 2 is 2.44 bits per heavy atom. The molecular formula is C8H11F. The summed E-state index contributed by atoms with van der Waals surface area (Å²) in [4.78, 5) is 0. The lowest BCUT2D eigenvalue weighted by Crippen LogP contribution is -1.69. The summed E-state index contributed by atoms with van der Waals surface area (Å²) in [5.74, 6) is 0.185. The molecule has 0 aliphatic heterocycles. The van der Waals surface area contributed by atoms with E-state index in [4.69, 9.17) is 0 Å². The van der Waals surface area contributed by atoms with Crippen LogP contribution in [0.25, 0.3) is 0 Å². The standard InChI is InChI=1S/C8H11F/c1-2-3-4-8(9)7-5-6-7/h3,7H,2,5-6H2,1H3. The third-order valence-electron chi connectivity index (χ3n) is 1.38.